The van der Waals surface area contributed by atoms with Crippen LogP contribution in [-0.4, -0.2) is 30.3 Å². The fourth-order valence-electron chi connectivity index (χ4n) is 2.80. The van der Waals surface area contributed by atoms with Crippen molar-refractivity contribution < 1.29 is 14.2 Å². The first-order valence-electron chi connectivity index (χ1n) is 9.36. The third-order valence-corrected chi connectivity index (χ3v) is 4.02. The number of aryl methyl sites for hydroxylation is 1. The topological polar surface area (TPSA) is 77.5 Å². The van der Waals surface area contributed by atoms with Gasteiger partial charge in [-0.15, -0.1) is 0 Å². The van der Waals surface area contributed by atoms with Crippen LogP contribution in [0.5, 0.6) is 17.2 Å². The molecule has 0 radical (unpaired) electrons. The van der Waals surface area contributed by atoms with E-state index in [-0.39, 0.29) is 6.10 Å². The van der Waals surface area contributed by atoms with Crippen molar-refractivity contribution in [3.05, 3.63) is 54.4 Å². The first kappa shape index (κ1) is 20.3. The molecular formula is C22H26N4O3. The molecule has 3 aromatic rings. The second kappa shape index (κ2) is 9.14. The van der Waals surface area contributed by atoms with E-state index in [9.17, 15) is 0 Å². The van der Waals surface area contributed by atoms with Crippen LogP contribution >= 0.6 is 0 Å². The highest BCUT2D eigenvalue weighted by Gasteiger charge is 2.10. The Morgan fingerprint density at radius 1 is 0.793 bits per heavy atom. The van der Waals surface area contributed by atoms with Gasteiger partial charge in [-0.3, -0.25) is 0 Å². The van der Waals surface area contributed by atoms with Gasteiger partial charge in [0.05, 0.1) is 31.7 Å². The van der Waals surface area contributed by atoms with Gasteiger partial charge in [0.2, 0.25) is 0 Å². The van der Waals surface area contributed by atoms with E-state index in [2.05, 4.69) is 20.6 Å². The van der Waals surface area contributed by atoms with Crippen molar-refractivity contribution in [2.75, 3.05) is 24.9 Å². The maximum atomic E-state index is 5.88. The van der Waals surface area contributed by atoms with Crippen LogP contribution in [0, 0.1) is 6.92 Å². The zero-order valence-corrected chi connectivity index (χ0v) is 17.3. The number of hydrogen-bond acceptors (Lipinski definition) is 7. The van der Waals surface area contributed by atoms with Gasteiger partial charge < -0.3 is 24.8 Å². The van der Waals surface area contributed by atoms with Gasteiger partial charge in [0.1, 0.15) is 34.7 Å². The molecule has 2 N–H and O–H groups in total. The quantitative estimate of drug-likeness (QED) is 0.552. The molecule has 1 heterocycles. The highest BCUT2D eigenvalue weighted by atomic mass is 16.5. The van der Waals surface area contributed by atoms with Crippen LogP contribution in [0.15, 0.2) is 48.5 Å². The summed E-state index contributed by atoms with van der Waals surface area (Å²) in [4.78, 5) is 8.97. The molecule has 0 saturated heterocycles. The summed E-state index contributed by atoms with van der Waals surface area (Å²) in [5, 5.41) is 6.61. The lowest BCUT2D eigenvalue weighted by atomic mass is 10.2. The summed E-state index contributed by atoms with van der Waals surface area (Å²) < 4.78 is 16.6. The fraction of sp³-hybridized carbons (Fsp3) is 0.273. The molecule has 0 aliphatic carbocycles. The molecule has 0 bridgehead atoms. The number of aromatic nitrogens is 2. The Morgan fingerprint density at radius 2 is 1.45 bits per heavy atom. The first-order chi connectivity index (χ1) is 14.0. The van der Waals surface area contributed by atoms with E-state index in [0.29, 0.717) is 23.2 Å². The van der Waals surface area contributed by atoms with Gasteiger partial charge in [-0.05, 0) is 45.0 Å². The van der Waals surface area contributed by atoms with E-state index < -0.39 is 0 Å². The molecule has 0 fully saturated rings. The molecular weight excluding hydrogens is 368 g/mol. The Morgan fingerprint density at radius 3 is 2.07 bits per heavy atom. The van der Waals surface area contributed by atoms with Gasteiger partial charge >= 0.3 is 0 Å². The molecule has 0 amide bonds. The van der Waals surface area contributed by atoms with Crippen molar-refractivity contribution in [1.29, 1.82) is 0 Å². The van der Waals surface area contributed by atoms with E-state index >= 15 is 0 Å². The molecule has 152 valence electrons. The Bertz CT molecular complexity index is 976. The molecule has 7 heteroatoms. The predicted octanol–water partition coefficient (Wildman–Crippen LogP) is 5.08. The van der Waals surface area contributed by atoms with Gasteiger partial charge in [-0.2, -0.15) is 0 Å². The maximum Gasteiger partial charge on any atom is 0.146 e. The summed E-state index contributed by atoms with van der Waals surface area (Å²) in [7, 11) is 3.23. The highest BCUT2D eigenvalue weighted by molar-refractivity contribution is 5.70. The van der Waals surface area contributed by atoms with Gasteiger partial charge in [0, 0.05) is 12.1 Å². The number of anilines is 4. The largest absolute Gasteiger partial charge is 0.497 e. The molecule has 0 unspecified atom stereocenters. The lowest BCUT2D eigenvalue weighted by Crippen LogP contribution is -2.08. The Labute approximate surface area is 171 Å². The minimum Gasteiger partial charge on any atom is -0.497 e. The van der Waals surface area contributed by atoms with E-state index in [1.54, 1.807) is 14.2 Å². The second-order valence-electron chi connectivity index (χ2n) is 6.66. The standard InChI is InChI=1S/C22H26N4O3/c1-14(2)29-19-9-7-6-8-17(19)25-21-13-22(24-15(3)23-21)26-18-11-10-16(27-4)12-20(18)28-5/h6-14H,1-5H3,(H2,23,24,25,26). The van der Waals surface area contributed by atoms with Crippen LogP contribution in [-0.2, 0) is 0 Å². The third-order valence-electron chi connectivity index (χ3n) is 4.02. The Hall–Kier alpha value is -3.48. The van der Waals surface area contributed by atoms with Crippen LogP contribution < -0.4 is 24.8 Å². The maximum absolute atomic E-state index is 5.88. The van der Waals surface area contributed by atoms with Crippen molar-refractivity contribution >= 4 is 23.0 Å². The van der Waals surface area contributed by atoms with Crippen molar-refractivity contribution in [3.8, 4) is 17.2 Å². The molecule has 1 aromatic heterocycles. The fourth-order valence-corrected chi connectivity index (χ4v) is 2.80. The molecule has 0 atom stereocenters. The summed E-state index contributed by atoms with van der Waals surface area (Å²) in [6.07, 6.45) is 0.0739. The zero-order valence-electron chi connectivity index (χ0n) is 17.3. The van der Waals surface area contributed by atoms with Crippen LogP contribution in [0.4, 0.5) is 23.0 Å². The molecule has 7 nitrogen and oxygen atoms in total. The summed E-state index contributed by atoms with van der Waals surface area (Å²) in [6, 6.07) is 15.2. The summed E-state index contributed by atoms with van der Waals surface area (Å²) >= 11 is 0. The summed E-state index contributed by atoms with van der Waals surface area (Å²) in [6.45, 7) is 5.84. The number of ether oxygens (including phenoxy) is 3. The number of para-hydroxylation sites is 2. The van der Waals surface area contributed by atoms with Crippen molar-refractivity contribution in [2.45, 2.75) is 26.9 Å². The van der Waals surface area contributed by atoms with Gasteiger partial charge in [-0.1, -0.05) is 12.1 Å². The molecule has 0 saturated carbocycles. The molecule has 0 spiro atoms. The van der Waals surface area contributed by atoms with Crippen molar-refractivity contribution in [1.82, 2.24) is 9.97 Å². The SMILES string of the molecule is COc1ccc(Nc2cc(Nc3ccccc3OC(C)C)nc(C)n2)c(OC)c1. The third kappa shape index (κ3) is 5.28. The lowest BCUT2D eigenvalue weighted by Gasteiger charge is -2.16. The monoisotopic (exact) mass is 394 g/mol. The van der Waals surface area contributed by atoms with Gasteiger partial charge in [-0.25, -0.2) is 9.97 Å². The predicted molar refractivity (Wildman–Crippen MR) is 115 cm³/mol. The number of hydrogen-bond donors (Lipinski definition) is 2. The number of nitrogens with one attached hydrogen (secondary N) is 2. The average molecular weight is 394 g/mol. The summed E-state index contributed by atoms with van der Waals surface area (Å²) in [5.74, 6) is 4.08. The van der Waals surface area contributed by atoms with Crippen LogP contribution in [0.1, 0.15) is 19.7 Å². The van der Waals surface area contributed by atoms with E-state index in [1.165, 1.54) is 0 Å². The summed E-state index contributed by atoms with van der Waals surface area (Å²) in [5.41, 5.74) is 1.62. The minimum absolute atomic E-state index is 0.0739. The molecule has 2 aromatic carbocycles. The first-order valence-corrected chi connectivity index (χ1v) is 9.36. The van der Waals surface area contributed by atoms with Gasteiger partial charge in [0.25, 0.3) is 0 Å². The Kier molecular flexibility index (Phi) is 6.39. The average Bonchev–Trinajstić information content (AvgIpc) is 2.69. The highest BCUT2D eigenvalue weighted by Crippen LogP contribution is 2.32. The smallest absolute Gasteiger partial charge is 0.146 e. The number of nitrogens with zero attached hydrogens (tertiary/aromatic N) is 2. The molecule has 0 aliphatic heterocycles. The number of methoxy groups -OCH3 is 2. The van der Waals surface area contributed by atoms with E-state index in [4.69, 9.17) is 14.2 Å². The van der Waals surface area contributed by atoms with Crippen LogP contribution in [0.25, 0.3) is 0 Å². The lowest BCUT2D eigenvalue weighted by molar-refractivity contribution is 0.244. The van der Waals surface area contributed by atoms with E-state index in [0.717, 1.165) is 22.9 Å². The molecule has 0 aliphatic rings. The number of rotatable bonds is 8. The minimum atomic E-state index is 0.0739. The zero-order chi connectivity index (χ0) is 20.8. The second-order valence-corrected chi connectivity index (χ2v) is 6.66. The van der Waals surface area contributed by atoms with Crippen LogP contribution in [0.2, 0.25) is 0 Å². The van der Waals surface area contributed by atoms with E-state index in [1.807, 2.05) is 69.3 Å². The Balaban J connectivity index is 1.86. The molecule has 29 heavy (non-hydrogen) atoms. The van der Waals surface area contributed by atoms with Crippen molar-refractivity contribution in [2.24, 2.45) is 0 Å². The van der Waals surface area contributed by atoms with Crippen LogP contribution in [0.3, 0.4) is 0 Å². The number of benzene rings is 2. The van der Waals surface area contributed by atoms with Crippen molar-refractivity contribution in [3.63, 3.8) is 0 Å². The normalized spacial score (nSPS) is 10.6. The van der Waals surface area contributed by atoms with Gasteiger partial charge in [0.15, 0.2) is 0 Å². The molecule has 3 rings (SSSR count).